The Labute approximate surface area is 263 Å². The number of aliphatic carboxylic acids is 2. The molecule has 0 radical (unpaired) electrons. The summed E-state index contributed by atoms with van der Waals surface area (Å²) in [4.78, 5) is 51.5. The normalized spacial score (nSPS) is 28.6. The van der Waals surface area contributed by atoms with E-state index >= 15 is 0 Å². The van der Waals surface area contributed by atoms with Gasteiger partial charge in [-0.1, -0.05) is 26.8 Å². The van der Waals surface area contributed by atoms with E-state index in [0.717, 1.165) is 50.6 Å². The van der Waals surface area contributed by atoms with Gasteiger partial charge in [0.1, 0.15) is 0 Å². The van der Waals surface area contributed by atoms with Gasteiger partial charge in [0, 0.05) is 76.3 Å². The zero-order valence-corrected chi connectivity index (χ0v) is 27.1. The van der Waals surface area contributed by atoms with E-state index in [1.807, 2.05) is 59.8 Å². The number of carbonyl (C=O) groups excluding carboxylic acids is 2. The van der Waals surface area contributed by atoms with Gasteiger partial charge in [-0.2, -0.15) is 12.6 Å². The number of aromatic nitrogens is 1. The Morgan fingerprint density at radius 1 is 0.977 bits per heavy atom. The lowest BCUT2D eigenvalue weighted by Gasteiger charge is -2.21. The predicted molar refractivity (Wildman–Crippen MR) is 173 cm³/mol. The molecule has 6 N–H and O–H groups in total. The van der Waals surface area contributed by atoms with Crippen LogP contribution >= 0.6 is 12.6 Å². The Bertz CT molecular complexity index is 1480. The van der Waals surface area contributed by atoms with Crippen molar-refractivity contribution in [1.82, 2.24) is 20.9 Å². The molecule has 0 aliphatic carbocycles. The number of hydrogen-bond acceptors (Lipinski definition) is 6. The van der Waals surface area contributed by atoms with Crippen molar-refractivity contribution in [2.75, 3.05) is 0 Å². The highest BCUT2D eigenvalue weighted by Crippen LogP contribution is 2.37. The lowest BCUT2D eigenvalue weighted by atomic mass is 9.90. The van der Waals surface area contributed by atoms with E-state index in [0.29, 0.717) is 19.3 Å². The molecular weight excluding hydrogens is 580 g/mol. The van der Waals surface area contributed by atoms with Gasteiger partial charge in [-0.25, -0.2) is 0 Å². The summed E-state index contributed by atoms with van der Waals surface area (Å²) in [6, 6.07) is -0.175. The van der Waals surface area contributed by atoms with Crippen LogP contribution in [0.5, 0.6) is 0 Å². The summed E-state index contributed by atoms with van der Waals surface area (Å²) in [6.45, 7) is 11.7. The molecule has 2 fully saturated rings. The number of aromatic amines is 1. The fraction of sp³-hybridized carbons (Fsp3) is 0.515. The second-order valence-corrected chi connectivity index (χ2v) is 13.1. The molecule has 10 nitrogen and oxygen atoms in total. The smallest absolute Gasteiger partial charge is 0.303 e. The molecule has 238 valence electrons. The lowest BCUT2D eigenvalue weighted by Crippen LogP contribution is -2.36. The molecular formula is C33H44N4O6S. The van der Waals surface area contributed by atoms with Crippen LogP contribution in [0.3, 0.4) is 0 Å². The van der Waals surface area contributed by atoms with Crippen molar-refractivity contribution in [3.8, 4) is 0 Å². The molecule has 0 aromatic carbocycles. The van der Waals surface area contributed by atoms with Crippen LogP contribution in [0.25, 0.3) is 12.2 Å². The van der Waals surface area contributed by atoms with Gasteiger partial charge in [-0.15, -0.1) is 0 Å². The molecule has 3 aliphatic rings. The summed E-state index contributed by atoms with van der Waals surface area (Å²) in [5, 5.41) is 28.6. The third kappa shape index (κ3) is 6.82. The minimum absolute atomic E-state index is 0.0359. The van der Waals surface area contributed by atoms with Crippen molar-refractivity contribution in [2.45, 2.75) is 91.0 Å². The Kier molecular flexibility index (Phi) is 10.2. The van der Waals surface area contributed by atoms with Crippen LogP contribution in [0, 0.1) is 24.7 Å². The largest absolute Gasteiger partial charge is 0.481 e. The average molecular weight is 625 g/mol. The number of carbonyl (C=O) groups is 4. The summed E-state index contributed by atoms with van der Waals surface area (Å²) < 4.78 is 0. The summed E-state index contributed by atoms with van der Waals surface area (Å²) in [5.41, 5.74) is 7.46. The maximum Gasteiger partial charge on any atom is 0.303 e. The Morgan fingerprint density at radius 3 is 2.23 bits per heavy atom. The van der Waals surface area contributed by atoms with Crippen LogP contribution in [0.4, 0.5) is 0 Å². The van der Waals surface area contributed by atoms with E-state index in [1.165, 1.54) is 0 Å². The molecule has 1 aromatic rings. The van der Waals surface area contributed by atoms with Gasteiger partial charge in [0.2, 0.25) is 11.8 Å². The maximum atomic E-state index is 12.5. The highest BCUT2D eigenvalue weighted by atomic mass is 32.1. The third-order valence-electron chi connectivity index (χ3n) is 9.44. The quantitative estimate of drug-likeness (QED) is 0.142. The zero-order chi connectivity index (χ0) is 32.5. The van der Waals surface area contributed by atoms with Gasteiger partial charge >= 0.3 is 11.9 Å². The topological polar surface area (TPSA) is 161 Å². The standard InChI is InChI=1S/C33H44N4O6S/c1-7-20-15(2)25(36-33(20)43)12-23-16(3)21(8-10-29(38)39)26(34-23)14-27-22(9-11-30(40)41)17(4)24(35-27)13-28-31(19(6)44)18(5)32(42)37-28/h7,13-15,18-19,23,25,31,34-35,44H,8-12H2,1-6H3,(H,36,43)(H,37,42)(H,38,39)(H,40,41)/b20-7+,26-14+,28-13-/t15?,18-,19+,23?,25-,31+/m1/s1. The Morgan fingerprint density at radius 2 is 1.64 bits per heavy atom. The SMILES string of the molecule is C/C=C1/C(=O)N[C@H](CC2N/C(=C/c3[nH]c(/C=C4\NC(=O)[C@H](C)[C@H]4[C@H](C)S)c(C)c3CCC(=O)O)C(CCC(=O)O)=C2C)C1C. The molecule has 2 unspecified atom stereocenters. The molecule has 1 aromatic heterocycles. The number of nitrogens with one attached hydrogen (secondary N) is 4. The fourth-order valence-corrected chi connectivity index (χ4v) is 7.25. The molecule has 44 heavy (non-hydrogen) atoms. The zero-order valence-electron chi connectivity index (χ0n) is 26.2. The molecule has 4 rings (SSSR count). The van der Waals surface area contributed by atoms with E-state index in [9.17, 15) is 29.4 Å². The third-order valence-corrected chi connectivity index (χ3v) is 9.76. The van der Waals surface area contributed by atoms with Crippen LogP contribution in [0.15, 0.2) is 34.2 Å². The highest BCUT2D eigenvalue weighted by molar-refractivity contribution is 7.80. The molecule has 2 saturated heterocycles. The van der Waals surface area contributed by atoms with Gasteiger partial charge in [0.25, 0.3) is 0 Å². The lowest BCUT2D eigenvalue weighted by molar-refractivity contribution is -0.138. The molecule has 0 saturated carbocycles. The molecule has 0 bridgehead atoms. The summed E-state index contributed by atoms with van der Waals surface area (Å²) in [6.07, 6.45) is 6.88. The molecule has 3 aliphatic heterocycles. The van der Waals surface area contributed by atoms with Gasteiger partial charge in [-0.05, 0) is 74.5 Å². The van der Waals surface area contributed by atoms with Crippen molar-refractivity contribution >= 4 is 48.5 Å². The summed E-state index contributed by atoms with van der Waals surface area (Å²) >= 11 is 4.63. The number of H-pyrrole nitrogens is 1. The van der Waals surface area contributed by atoms with E-state index in [4.69, 9.17) is 0 Å². The number of carboxylic acid groups (broad SMARTS) is 2. The first-order valence-corrected chi connectivity index (χ1v) is 15.8. The number of allylic oxidation sites excluding steroid dienone is 3. The monoisotopic (exact) mass is 624 g/mol. The molecule has 4 heterocycles. The van der Waals surface area contributed by atoms with E-state index in [-0.39, 0.29) is 59.7 Å². The van der Waals surface area contributed by atoms with Crippen LogP contribution in [-0.2, 0) is 25.6 Å². The molecule has 6 atom stereocenters. The minimum Gasteiger partial charge on any atom is -0.481 e. The second kappa shape index (κ2) is 13.5. The number of carboxylic acids is 2. The van der Waals surface area contributed by atoms with Crippen LogP contribution in [-0.4, -0.2) is 56.3 Å². The van der Waals surface area contributed by atoms with E-state index < -0.39 is 11.9 Å². The Hall–Kier alpha value is -3.73. The van der Waals surface area contributed by atoms with Crippen molar-refractivity contribution in [3.05, 3.63) is 56.7 Å². The van der Waals surface area contributed by atoms with Gasteiger partial charge in [-0.3, -0.25) is 19.2 Å². The summed E-state index contributed by atoms with van der Waals surface area (Å²) in [7, 11) is 0. The maximum absolute atomic E-state index is 12.5. The Balaban J connectivity index is 1.74. The minimum atomic E-state index is -0.907. The highest BCUT2D eigenvalue weighted by Gasteiger charge is 2.39. The predicted octanol–water partition coefficient (Wildman–Crippen LogP) is 4.35. The van der Waals surface area contributed by atoms with Crippen LogP contribution in [0.1, 0.15) is 82.8 Å². The fourth-order valence-electron chi connectivity index (χ4n) is 6.83. The van der Waals surface area contributed by atoms with Crippen LogP contribution in [0.2, 0.25) is 0 Å². The summed E-state index contributed by atoms with van der Waals surface area (Å²) in [5.74, 6) is -2.18. The van der Waals surface area contributed by atoms with Gasteiger partial charge in [0.05, 0.1) is 0 Å². The number of amides is 2. The first kappa shape index (κ1) is 33.2. The second-order valence-electron chi connectivity index (χ2n) is 12.3. The van der Waals surface area contributed by atoms with Crippen LogP contribution < -0.4 is 16.0 Å². The number of rotatable bonds is 11. The van der Waals surface area contributed by atoms with Crippen molar-refractivity contribution < 1.29 is 29.4 Å². The van der Waals surface area contributed by atoms with E-state index in [2.05, 4.69) is 33.6 Å². The molecule has 2 amide bonds. The van der Waals surface area contributed by atoms with Crippen molar-refractivity contribution in [1.29, 1.82) is 0 Å². The van der Waals surface area contributed by atoms with Crippen molar-refractivity contribution in [2.24, 2.45) is 17.8 Å². The van der Waals surface area contributed by atoms with E-state index in [1.54, 1.807) is 0 Å². The first-order valence-electron chi connectivity index (χ1n) is 15.2. The first-order chi connectivity index (χ1) is 20.7. The van der Waals surface area contributed by atoms with Gasteiger partial charge in [0.15, 0.2) is 0 Å². The van der Waals surface area contributed by atoms with Crippen molar-refractivity contribution in [3.63, 3.8) is 0 Å². The van der Waals surface area contributed by atoms with Gasteiger partial charge < -0.3 is 31.1 Å². The molecule has 0 spiro atoms. The molecule has 11 heteroatoms. The average Bonchev–Trinajstić information content (AvgIpc) is 3.59. The number of hydrogen-bond donors (Lipinski definition) is 7. The number of thiol groups is 1.